The second-order valence-electron chi connectivity index (χ2n) is 4.99. The van der Waals surface area contributed by atoms with E-state index in [1.54, 1.807) is 0 Å². The summed E-state index contributed by atoms with van der Waals surface area (Å²) < 4.78 is 0. The van der Waals surface area contributed by atoms with Crippen molar-refractivity contribution in [2.75, 3.05) is 0 Å². The van der Waals surface area contributed by atoms with Crippen molar-refractivity contribution in [1.82, 2.24) is 9.97 Å². The van der Waals surface area contributed by atoms with Crippen LogP contribution in [-0.2, 0) is 12.8 Å². The number of nitrogens with one attached hydrogen (secondary N) is 1. The third-order valence-electron chi connectivity index (χ3n) is 3.03. The summed E-state index contributed by atoms with van der Waals surface area (Å²) in [5.74, 6) is -1.12. The summed E-state index contributed by atoms with van der Waals surface area (Å²) >= 11 is 0. The van der Waals surface area contributed by atoms with E-state index >= 15 is 0 Å². The van der Waals surface area contributed by atoms with Gasteiger partial charge in [0.15, 0.2) is 5.69 Å². The molecule has 0 radical (unpaired) electrons. The van der Waals surface area contributed by atoms with E-state index in [1.807, 2.05) is 0 Å². The van der Waals surface area contributed by atoms with Crippen LogP contribution in [0.1, 0.15) is 42.0 Å². The van der Waals surface area contributed by atoms with Crippen molar-refractivity contribution in [2.45, 2.75) is 33.1 Å². The molecule has 0 amide bonds. The Hall–Kier alpha value is -1.65. The zero-order chi connectivity index (χ0) is 11.9. The van der Waals surface area contributed by atoms with Gasteiger partial charge in [-0.2, -0.15) is 4.98 Å². The lowest BCUT2D eigenvalue weighted by molar-refractivity contribution is 0.0687. The quantitative estimate of drug-likeness (QED) is 0.742. The van der Waals surface area contributed by atoms with Gasteiger partial charge < -0.3 is 10.1 Å². The maximum atomic E-state index is 11.2. The maximum Gasteiger partial charge on any atom is 0.355 e. The third kappa shape index (κ3) is 1.85. The highest BCUT2D eigenvalue weighted by molar-refractivity contribution is 5.87. The average molecular weight is 222 g/mol. The molecule has 86 valence electrons. The smallest absolute Gasteiger partial charge is 0.355 e. The first-order chi connectivity index (χ1) is 7.39. The van der Waals surface area contributed by atoms with E-state index in [9.17, 15) is 9.59 Å². The van der Waals surface area contributed by atoms with Crippen LogP contribution in [-0.4, -0.2) is 21.0 Å². The number of fused-ring (bicyclic) bond motifs is 1. The average Bonchev–Trinajstić information content (AvgIpc) is 2.13. The Balaban J connectivity index is 2.58. The molecule has 0 bridgehead atoms. The van der Waals surface area contributed by atoms with Gasteiger partial charge in [0.1, 0.15) is 0 Å². The standard InChI is InChI=1S/C11H14N2O3/c1-11(2)4-3-6-7(5-11)12-10(16)13-8(6)9(14)15/h3-5H2,1-2H3,(H,14,15)(H,12,13,16). The molecule has 0 spiro atoms. The molecule has 16 heavy (non-hydrogen) atoms. The van der Waals surface area contributed by atoms with Gasteiger partial charge in [-0.25, -0.2) is 9.59 Å². The van der Waals surface area contributed by atoms with Gasteiger partial charge in [0.25, 0.3) is 0 Å². The Labute approximate surface area is 92.5 Å². The summed E-state index contributed by atoms with van der Waals surface area (Å²) in [6.45, 7) is 4.21. The zero-order valence-corrected chi connectivity index (χ0v) is 9.33. The van der Waals surface area contributed by atoms with Crippen LogP contribution in [0.3, 0.4) is 0 Å². The van der Waals surface area contributed by atoms with Gasteiger partial charge in [-0.1, -0.05) is 13.8 Å². The number of hydrogen-bond donors (Lipinski definition) is 2. The molecule has 5 heteroatoms. The van der Waals surface area contributed by atoms with E-state index < -0.39 is 11.7 Å². The molecule has 0 atom stereocenters. The van der Waals surface area contributed by atoms with Crippen molar-refractivity contribution in [3.05, 3.63) is 27.4 Å². The number of H-pyrrole nitrogens is 1. The molecule has 0 aromatic carbocycles. The monoisotopic (exact) mass is 222 g/mol. The molecule has 1 aliphatic rings. The van der Waals surface area contributed by atoms with Crippen LogP contribution in [0.25, 0.3) is 0 Å². The minimum absolute atomic E-state index is 0.0887. The molecular formula is C11H14N2O3. The molecule has 0 saturated carbocycles. The number of aromatic amines is 1. The number of carbonyl (C=O) groups is 1. The van der Waals surface area contributed by atoms with Crippen LogP contribution >= 0.6 is 0 Å². The number of carboxylic acid groups (broad SMARTS) is 1. The second-order valence-corrected chi connectivity index (χ2v) is 4.99. The molecule has 1 aliphatic carbocycles. The van der Waals surface area contributed by atoms with E-state index in [1.165, 1.54) is 0 Å². The summed E-state index contributed by atoms with van der Waals surface area (Å²) in [6, 6.07) is 0. The van der Waals surface area contributed by atoms with Gasteiger partial charge in [-0.3, -0.25) is 0 Å². The van der Waals surface area contributed by atoms with E-state index in [-0.39, 0.29) is 11.1 Å². The van der Waals surface area contributed by atoms with E-state index in [2.05, 4.69) is 23.8 Å². The highest BCUT2D eigenvalue weighted by Gasteiger charge is 2.29. The molecule has 5 nitrogen and oxygen atoms in total. The fourth-order valence-electron chi connectivity index (χ4n) is 2.17. The molecule has 1 aromatic heterocycles. The lowest BCUT2D eigenvalue weighted by atomic mass is 9.76. The van der Waals surface area contributed by atoms with E-state index in [0.717, 1.165) is 12.1 Å². The molecule has 0 saturated heterocycles. The number of hydrogen-bond acceptors (Lipinski definition) is 3. The van der Waals surface area contributed by atoms with Crippen molar-refractivity contribution < 1.29 is 9.90 Å². The van der Waals surface area contributed by atoms with E-state index in [4.69, 9.17) is 5.11 Å². The highest BCUT2D eigenvalue weighted by Crippen LogP contribution is 2.33. The fraction of sp³-hybridized carbons (Fsp3) is 0.545. The third-order valence-corrected chi connectivity index (χ3v) is 3.03. The molecule has 1 aromatic rings. The van der Waals surface area contributed by atoms with Crippen LogP contribution in [0.2, 0.25) is 0 Å². The largest absolute Gasteiger partial charge is 0.476 e. The number of carboxylic acids is 1. The first kappa shape index (κ1) is 10.9. The van der Waals surface area contributed by atoms with E-state index in [0.29, 0.717) is 18.4 Å². The van der Waals surface area contributed by atoms with Crippen LogP contribution in [0.5, 0.6) is 0 Å². The summed E-state index contributed by atoms with van der Waals surface area (Å²) in [4.78, 5) is 28.4. The van der Waals surface area contributed by atoms with Crippen molar-refractivity contribution >= 4 is 5.97 Å². The summed E-state index contributed by atoms with van der Waals surface area (Å²) in [6.07, 6.45) is 2.27. The molecule has 0 aliphatic heterocycles. The molecule has 0 fully saturated rings. The first-order valence-corrected chi connectivity index (χ1v) is 5.24. The summed E-state index contributed by atoms with van der Waals surface area (Å²) in [7, 11) is 0. The van der Waals surface area contributed by atoms with Gasteiger partial charge >= 0.3 is 11.7 Å². The van der Waals surface area contributed by atoms with Crippen molar-refractivity contribution in [2.24, 2.45) is 5.41 Å². The highest BCUT2D eigenvalue weighted by atomic mass is 16.4. The Kier molecular flexibility index (Phi) is 2.33. The molecule has 0 unspecified atom stereocenters. The van der Waals surface area contributed by atoms with Gasteiger partial charge in [0, 0.05) is 11.3 Å². The maximum absolute atomic E-state index is 11.2. The Morgan fingerprint density at radius 1 is 1.50 bits per heavy atom. The molecule has 2 N–H and O–H groups in total. The van der Waals surface area contributed by atoms with Gasteiger partial charge in [-0.05, 0) is 24.7 Å². The number of aromatic nitrogens is 2. The van der Waals surface area contributed by atoms with Crippen LogP contribution in [0.4, 0.5) is 0 Å². The molecular weight excluding hydrogens is 208 g/mol. The topological polar surface area (TPSA) is 83.0 Å². The normalized spacial score (nSPS) is 17.9. The molecule has 1 heterocycles. The number of aromatic carboxylic acids is 1. The van der Waals surface area contributed by atoms with Crippen LogP contribution in [0, 0.1) is 5.41 Å². The Morgan fingerprint density at radius 2 is 2.19 bits per heavy atom. The van der Waals surface area contributed by atoms with Crippen LogP contribution in [0.15, 0.2) is 4.79 Å². The van der Waals surface area contributed by atoms with Crippen molar-refractivity contribution in [3.8, 4) is 0 Å². The van der Waals surface area contributed by atoms with Crippen LogP contribution < -0.4 is 5.69 Å². The van der Waals surface area contributed by atoms with Gasteiger partial charge in [0.05, 0.1) is 0 Å². The van der Waals surface area contributed by atoms with Crippen molar-refractivity contribution in [3.63, 3.8) is 0 Å². The lowest BCUT2D eigenvalue weighted by Crippen LogP contribution is -2.30. The SMILES string of the molecule is CC1(C)CCc2c(C(=O)O)nc(=O)[nH]c2C1. The first-order valence-electron chi connectivity index (χ1n) is 5.24. The number of rotatable bonds is 1. The Bertz CT molecular complexity index is 502. The lowest BCUT2D eigenvalue weighted by Gasteiger charge is -2.30. The van der Waals surface area contributed by atoms with Gasteiger partial charge in [-0.15, -0.1) is 0 Å². The summed E-state index contributed by atoms with van der Waals surface area (Å²) in [5.41, 5.74) is 0.857. The van der Waals surface area contributed by atoms with Crippen molar-refractivity contribution in [1.29, 1.82) is 0 Å². The molecule has 2 rings (SSSR count). The Morgan fingerprint density at radius 3 is 2.81 bits per heavy atom. The summed E-state index contributed by atoms with van der Waals surface area (Å²) in [5, 5.41) is 8.98. The predicted octanol–water partition coefficient (Wildman–Crippen LogP) is 0.983. The minimum Gasteiger partial charge on any atom is -0.476 e. The fourth-order valence-corrected chi connectivity index (χ4v) is 2.17. The number of nitrogens with zero attached hydrogens (tertiary/aromatic N) is 1. The minimum atomic E-state index is -1.12. The predicted molar refractivity (Wildman–Crippen MR) is 57.6 cm³/mol. The van der Waals surface area contributed by atoms with Gasteiger partial charge in [0.2, 0.25) is 0 Å². The second kappa shape index (κ2) is 3.43. The zero-order valence-electron chi connectivity index (χ0n) is 9.33.